The first-order valence-corrected chi connectivity index (χ1v) is 9.70. The normalized spacial score (nSPS) is 16.1. The maximum atomic E-state index is 12.7. The van der Waals surface area contributed by atoms with Crippen molar-refractivity contribution in [2.24, 2.45) is 0 Å². The Morgan fingerprint density at radius 1 is 1.15 bits per heavy atom. The zero-order valence-electron chi connectivity index (χ0n) is 15.4. The zero-order valence-corrected chi connectivity index (χ0v) is 15.4. The molecule has 0 fully saturated rings. The number of carbonyl (C=O) groups excluding carboxylic acids is 1. The molecule has 2 aliphatic rings. The van der Waals surface area contributed by atoms with E-state index in [1.165, 1.54) is 24.1 Å². The van der Waals surface area contributed by atoms with Crippen molar-refractivity contribution in [2.45, 2.75) is 64.5 Å². The molecule has 27 heavy (non-hydrogen) atoms. The van der Waals surface area contributed by atoms with Gasteiger partial charge in [0.2, 0.25) is 5.91 Å². The van der Waals surface area contributed by atoms with Crippen LogP contribution >= 0.6 is 0 Å². The monoisotopic (exact) mass is 371 g/mol. The Hall–Kier alpha value is -2.64. The minimum Gasteiger partial charge on any atom is -0.481 e. The number of aromatic nitrogens is 4. The molecule has 144 valence electrons. The lowest BCUT2D eigenvalue weighted by Crippen LogP contribution is -2.38. The van der Waals surface area contributed by atoms with Crippen LogP contribution in [0.25, 0.3) is 0 Å². The molecule has 4 rings (SSSR count). The summed E-state index contributed by atoms with van der Waals surface area (Å²) in [5.41, 5.74) is 5.39. The van der Waals surface area contributed by atoms with Gasteiger partial charge in [0.25, 0.3) is 0 Å². The third kappa shape index (κ3) is 3.89. The highest BCUT2D eigenvalue weighted by Crippen LogP contribution is 2.23. The Balaban J connectivity index is 1.34. The topological polar surface area (TPSA) is 104 Å². The lowest BCUT2D eigenvalue weighted by Gasteiger charge is -2.27. The lowest BCUT2D eigenvalue weighted by molar-refractivity contribution is -0.137. The number of aliphatic carboxylic acids is 1. The fraction of sp³-hybridized carbons (Fsp3) is 0.579. The molecule has 8 nitrogen and oxygen atoms in total. The molecule has 0 aromatic carbocycles. The third-order valence-corrected chi connectivity index (χ3v) is 5.51. The van der Waals surface area contributed by atoms with Crippen LogP contribution in [0, 0.1) is 0 Å². The van der Waals surface area contributed by atoms with Gasteiger partial charge in [-0.3, -0.25) is 19.4 Å². The number of aromatic amines is 1. The summed E-state index contributed by atoms with van der Waals surface area (Å²) >= 11 is 0. The molecule has 0 saturated heterocycles. The minimum atomic E-state index is -0.821. The summed E-state index contributed by atoms with van der Waals surface area (Å²) in [6.45, 7) is 1.84. The summed E-state index contributed by atoms with van der Waals surface area (Å²) in [7, 11) is 0. The summed E-state index contributed by atoms with van der Waals surface area (Å²) in [4.78, 5) is 25.3. The number of H-pyrrole nitrogens is 1. The number of amides is 1. The van der Waals surface area contributed by atoms with Crippen LogP contribution in [0.2, 0.25) is 0 Å². The first-order chi connectivity index (χ1) is 13.1. The van der Waals surface area contributed by atoms with E-state index < -0.39 is 5.97 Å². The number of nitrogens with one attached hydrogen (secondary N) is 1. The highest BCUT2D eigenvalue weighted by atomic mass is 16.4. The van der Waals surface area contributed by atoms with E-state index in [4.69, 9.17) is 5.11 Å². The molecule has 8 heteroatoms. The van der Waals surface area contributed by atoms with Gasteiger partial charge in [0, 0.05) is 31.5 Å². The summed E-state index contributed by atoms with van der Waals surface area (Å²) in [5.74, 6) is -0.680. The second kappa shape index (κ2) is 7.54. The summed E-state index contributed by atoms with van der Waals surface area (Å²) in [5, 5.41) is 20.8. The molecule has 1 amide bonds. The summed E-state index contributed by atoms with van der Waals surface area (Å²) < 4.78 is 1.89. The van der Waals surface area contributed by atoms with Gasteiger partial charge in [0.05, 0.1) is 36.6 Å². The number of carboxylic acid groups (broad SMARTS) is 1. The molecular formula is C19H25N5O3. The summed E-state index contributed by atoms with van der Waals surface area (Å²) in [6.07, 6.45) is 6.20. The van der Waals surface area contributed by atoms with Gasteiger partial charge >= 0.3 is 5.97 Å². The van der Waals surface area contributed by atoms with E-state index >= 15 is 0 Å². The highest BCUT2D eigenvalue weighted by molar-refractivity contribution is 5.76. The molecular weight excluding hydrogens is 346 g/mol. The third-order valence-electron chi connectivity index (χ3n) is 5.51. The quantitative estimate of drug-likeness (QED) is 0.800. The van der Waals surface area contributed by atoms with Crippen LogP contribution in [0.1, 0.15) is 54.0 Å². The fourth-order valence-electron chi connectivity index (χ4n) is 4.04. The molecule has 0 spiro atoms. The van der Waals surface area contributed by atoms with E-state index in [1.807, 2.05) is 15.6 Å². The van der Waals surface area contributed by atoms with Crippen LogP contribution in [0.3, 0.4) is 0 Å². The predicted octanol–water partition coefficient (Wildman–Crippen LogP) is 1.48. The second-order valence-electron chi connectivity index (χ2n) is 7.39. The van der Waals surface area contributed by atoms with Crippen molar-refractivity contribution in [3.8, 4) is 0 Å². The van der Waals surface area contributed by atoms with Gasteiger partial charge in [0.15, 0.2) is 0 Å². The smallest absolute Gasteiger partial charge is 0.303 e. The maximum absolute atomic E-state index is 12.7. The van der Waals surface area contributed by atoms with Gasteiger partial charge in [-0.2, -0.15) is 10.2 Å². The van der Waals surface area contributed by atoms with Crippen molar-refractivity contribution >= 4 is 11.9 Å². The number of carbonyl (C=O) groups is 2. The van der Waals surface area contributed by atoms with Crippen molar-refractivity contribution in [3.63, 3.8) is 0 Å². The van der Waals surface area contributed by atoms with Crippen molar-refractivity contribution in [1.29, 1.82) is 0 Å². The summed E-state index contributed by atoms with van der Waals surface area (Å²) in [6, 6.07) is 1.92. The van der Waals surface area contributed by atoms with E-state index in [0.717, 1.165) is 29.9 Å². The highest BCUT2D eigenvalue weighted by Gasteiger charge is 2.23. The fourth-order valence-corrected chi connectivity index (χ4v) is 4.04. The van der Waals surface area contributed by atoms with E-state index in [2.05, 4.69) is 15.3 Å². The molecule has 3 heterocycles. The molecule has 0 radical (unpaired) electrons. The van der Waals surface area contributed by atoms with Crippen molar-refractivity contribution in [2.75, 3.05) is 6.54 Å². The van der Waals surface area contributed by atoms with Gasteiger partial charge < -0.3 is 10.0 Å². The first-order valence-electron chi connectivity index (χ1n) is 9.70. The Morgan fingerprint density at radius 2 is 2.00 bits per heavy atom. The van der Waals surface area contributed by atoms with E-state index in [0.29, 0.717) is 38.9 Å². The zero-order chi connectivity index (χ0) is 18.8. The van der Waals surface area contributed by atoms with Crippen molar-refractivity contribution in [1.82, 2.24) is 24.9 Å². The van der Waals surface area contributed by atoms with Gasteiger partial charge in [-0.1, -0.05) is 0 Å². The molecule has 2 aromatic rings. The van der Waals surface area contributed by atoms with Crippen molar-refractivity contribution < 1.29 is 14.7 Å². The van der Waals surface area contributed by atoms with Crippen LogP contribution < -0.4 is 0 Å². The van der Waals surface area contributed by atoms with E-state index in [9.17, 15) is 9.59 Å². The van der Waals surface area contributed by atoms with Gasteiger partial charge in [-0.05, 0) is 37.3 Å². The maximum Gasteiger partial charge on any atom is 0.303 e. The number of fused-ring (bicyclic) bond motifs is 2. The second-order valence-corrected chi connectivity index (χ2v) is 7.39. The standard InChI is InChI=1S/C19H25N5O3/c25-18(7-6-17-15-3-1-2-4-16(15)20-21-17)23-9-10-24-14(12-23)11-13(22-24)5-8-19(26)27/h11H,1-10,12H2,(H,20,21)(H,26,27). The molecule has 2 N–H and O–H groups in total. The Labute approximate surface area is 157 Å². The Kier molecular flexibility index (Phi) is 4.96. The Morgan fingerprint density at radius 3 is 2.85 bits per heavy atom. The van der Waals surface area contributed by atoms with E-state index in [1.54, 1.807) is 0 Å². The van der Waals surface area contributed by atoms with Crippen LogP contribution in [-0.4, -0.2) is 48.4 Å². The average molecular weight is 371 g/mol. The van der Waals surface area contributed by atoms with Crippen molar-refractivity contribution in [3.05, 3.63) is 34.4 Å². The minimum absolute atomic E-state index is 0.0765. The number of nitrogens with zero attached hydrogens (tertiary/aromatic N) is 4. The van der Waals surface area contributed by atoms with Gasteiger partial charge in [-0.15, -0.1) is 0 Å². The first kappa shape index (κ1) is 17.8. The molecule has 0 saturated carbocycles. The van der Waals surface area contributed by atoms with Gasteiger partial charge in [0.1, 0.15) is 0 Å². The lowest BCUT2D eigenvalue weighted by atomic mass is 9.94. The Bertz CT molecular complexity index is 854. The number of hydrogen-bond donors (Lipinski definition) is 2. The SMILES string of the molecule is O=C(O)CCc1cc2n(n1)CCN(C(=O)CCc1n[nH]c3c1CCCC3)C2. The van der Waals surface area contributed by atoms with E-state index in [-0.39, 0.29) is 12.3 Å². The van der Waals surface area contributed by atoms with Gasteiger partial charge in [-0.25, -0.2) is 0 Å². The van der Waals surface area contributed by atoms with Crippen LogP contribution in [0.5, 0.6) is 0 Å². The average Bonchev–Trinajstić information content (AvgIpc) is 3.27. The molecule has 1 aliphatic heterocycles. The van der Waals surface area contributed by atoms with Crippen LogP contribution in [0.4, 0.5) is 0 Å². The predicted molar refractivity (Wildman–Crippen MR) is 97.2 cm³/mol. The number of carboxylic acids is 1. The molecule has 0 unspecified atom stereocenters. The largest absolute Gasteiger partial charge is 0.481 e. The molecule has 2 aromatic heterocycles. The number of hydrogen-bond acceptors (Lipinski definition) is 4. The molecule has 0 atom stereocenters. The van der Waals surface area contributed by atoms with Crippen LogP contribution in [0.15, 0.2) is 6.07 Å². The number of rotatable bonds is 6. The van der Waals surface area contributed by atoms with Crippen LogP contribution in [-0.2, 0) is 48.4 Å². The molecule has 1 aliphatic carbocycles. The molecule has 0 bridgehead atoms. The number of aryl methyl sites for hydroxylation is 3.